The van der Waals surface area contributed by atoms with E-state index in [1.165, 1.54) is 23.4 Å². The Hall–Kier alpha value is -6.45. The third kappa shape index (κ3) is 12.6. The number of methoxy groups -OCH3 is 3. The van der Waals surface area contributed by atoms with E-state index in [1.54, 1.807) is 73.6 Å². The molecule has 0 radical (unpaired) electrons. The molecule has 0 saturated carbocycles. The normalized spacial score (nSPS) is 13.2. The predicted molar refractivity (Wildman–Crippen MR) is 313 cm³/mol. The van der Waals surface area contributed by atoms with Gasteiger partial charge in [-0.3, -0.25) is 19.0 Å². The number of nitrogens with two attached hydrogens (primary N) is 2. The minimum absolute atomic E-state index is 0. The first-order valence-electron chi connectivity index (χ1n) is 23.5. The van der Waals surface area contributed by atoms with E-state index in [0.29, 0.717) is 72.9 Å². The number of ether oxygens (including phenoxy) is 3. The molecule has 0 atom stereocenters. The summed E-state index contributed by atoms with van der Waals surface area (Å²) in [6.07, 6.45) is 10.9. The highest BCUT2D eigenvalue weighted by molar-refractivity contribution is 14.0. The van der Waals surface area contributed by atoms with E-state index in [1.807, 2.05) is 81.0 Å². The zero-order chi connectivity index (χ0) is 55.7. The van der Waals surface area contributed by atoms with E-state index < -0.39 is 18.3 Å². The Balaban J connectivity index is 0.000000198. The van der Waals surface area contributed by atoms with Crippen LogP contribution in [-0.4, -0.2) is 98.2 Å². The van der Waals surface area contributed by atoms with Gasteiger partial charge in [-0.15, -0.1) is 24.0 Å². The Morgan fingerprint density at radius 3 is 1.61 bits per heavy atom. The van der Waals surface area contributed by atoms with Crippen molar-refractivity contribution in [2.45, 2.75) is 66.1 Å². The van der Waals surface area contributed by atoms with Gasteiger partial charge in [-0.2, -0.15) is 10.2 Å². The topological polar surface area (TPSA) is 255 Å². The van der Waals surface area contributed by atoms with Crippen molar-refractivity contribution in [3.05, 3.63) is 114 Å². The summed E-state index contributed by atoms with van der Waals surface area (Å²) >= 11 is 16.4. The quantitative estimate of drug-likeness (QED) is 0.0971. The number of aryl methyl sites for hydroxylation is 7. The van der Waals surface area contributed by atoms with Crippen LogP contribution in [0.15, 0.2) is 75.6 Å². The van der Waals surface area contributed by atoms with Crippen LogP contribution in [0.2, 0.25) is 10.0 Å². The zero-order valence-electron chi connectivity index (χ0n) is 45.0. The summed E-state index contributed by atoms with van der Waals surface area (Å²) < 4.78 is 35.1. The molecule has 4 N–H and O–H groups in total. The fraction of sp³-hybridized carbons (Fsp3) is 0.333. The van der Waals surface area contributed by atoms with Crippen molar-refractivity contribution < 1.29 is 23.5 Å². The van der Waals surface area contributed by atoms with E-state index in [0.717, 1.165) is 33.8 Å². The molecule has 406 valence electrons. The fourth-order valence-electron chi connectivity index (χ4n) is 7.92. The van der Waals surface area contributed by atoms with E-state index in [4.69, 9.17) is 63.2 Å². The summed E-state index contributed by atoms with van der Waals surface area (Å²) in [5.41, 5.74) is 18.3. The number of rotatable bonds is 10. The fourth-order valence-corrected chi connectivity index (χ4v) is 8.82. The molecule has 9 rings (SSSR count). The molecule has 0 bridgehead atoms. The lowest BCUT2D eigenvalue weighted by atomic mass is 9.85. The van der Waals surface area contributed by atoms with Crippen molar-refractivity contribution in [3.8, 4) is 73.7 Å². The van der Waals surface area contributed by atoms with Crippen LogP contribution in [-0.2, 0) is 43.9 Å². The zero-order valence-corrected chi connectivity index (χ0v) is 50.4. The van der Waals surface area contributed by atoms with E-state index in [2.05, 4.69) is 51.0 Å². The molecule has 7 heterocycles. The van der Waals surface area contributed by atoms with Crippen LogP contribution in [0.5, 0.6) is 17.2 Å². The van der Waals surface area contributed by atoms with Gasteiger partial charge in [0, 0.05) is 81.3 Å². The molecule has 1 aliphatic rings. The lowest BCUT2D eigenvalue weighted by Crippen LogP contribution is -2.41. The molecule has 21 nitrogen and oxygen atoms in total. The number of halogens is 4. The molecule has 0 aliphatic carbocycles. The molecule has 77 heavy (non-hydrogen) atoms. The second-order valence-electron chi connectivity index (χ2n) is 18.6. The molecule has 6 aromatic heterocycles. The second kappa shape index (κ2) is 24.1. The van der Waals surface area contributed by atoms with Gasteiger partial charge in [-0.25, -0.2) is 29.9 Å². The van der Waals surface area contributed by atoms with Crippen LogP contribution in [0, 0.1) is 13.8 Å². The molecular weight excluding hydrogens is 1210 g/mol. The van der Waals surface area contributed by atoms with Gasteiger partial charge in [0.15, 0.2) is 11.6 Å². The molecule has 2 aromatic carbocycles. The van der Waals surface area contributed by atoms with Crippen molar-refractivity contribution in [2.24, 2.45) is 28.2 Å². The molecular formula is C51H59BBrCl2IN14O7. The van der Waals surface area contributed by atoms with Gasteiger partial charge in [0.25, 0.3) is 11.1 Å². The first-order valence-corrected chi connectivity index (χ1v) is 25.1. The van der Waals surface area contributed by atoms with Crippen LogP contribution in [0.3, 0.4) is 0 Å². The van der Waals surface area contributed by atoms with Crippen LogP contribution < -0.4 is 42.4 Å². The first-order chi connectivity index (χ1) is 35.8. The molecule has 0 amide bonds. The van der Waals surface area contributed by atoms with Gasteiger partial charge in [0.05, 0.1) is 83.3 Å². The van der Waals surface area contributed by atoms with Crippen molar-refractivity contribution in [1.29, 1.82) is 0 Å². The number of aromatic nitrogens is 12. The molecule has 0 unspecified atom stereocenters. The van der Waals surface area contributed by atoms with Gasteiger partial charge in [-0.1, -0.05) is 30.1 Å². The third-order valence-corrected chi connectivity index (χ3v) is 14.2. The molecule has 26 heteroatoms. The molecule has 0 spiro atoms. The number of nitrogen functional groups attached to an aromatic ring is 2. The van der Waals surface area contributed by atoms with Crippen molar-refractivity contribution >= 4 is 87.5 Å². The number of hydrogen-bond acceptors (Lipinski definition) is 17. The molecule has 8 aromatic rings. The summed E-state index contributed by atoms with van der Waals surface area (Å²) in [7, 11) is 10.9. The SMILES string of the molecule is CCc1cc(OC)cc(-c2nc(-c3nc(-c4cn(C)nc4C)cnc3N)cn(C)c2=O)c1Cl.COc1cc(OC)c(Cl)c(-c2nc(B3OC(C)(C)C(C)(C)O3)cn(C)c2=O)c1.Cc1nn(C)cc1-c1cnc(N)c(Br)n1.I. The summed E-state index contributed by atoms with van der Waals surface area (Å²) in [6.45, 7) is 13.6. The average Bonchev–Trinajstić information content (AvgIpc) is 4.01. The molecule has 1 saturated heterocycles. The van der Waals surface area contributed by atoms with Crippen molar-refractivity contribution in [1.82, 2.24) is 58.6 Å². The monoisotopic (exact) mass is 1270 g/mol. The standard InChI is InChI=1S/C23H24ClN7O2.C19H24BClN2O5.C9H10BrN5.HI/c1-6-13-7-14(33-5)8-15(19(13)24)20-23(32)30(3)11-18(28-20)21-22(25)26-9-17(27-21)16-10-31(4)29-12(16)2;1-18(2)19(3,4)28-20(27-18)14-10-23(5)17(24)16(22-14)12-8-11(25-6)9-13(26-7)15(12)21;1-5-6(4-15(2)14-5)7-3-12-9(11)8(10)13-7;/h7-11H,6H2,1-5H3,(H2,25,26);8-10H,1-7H3;3-4H,1-2H3,(H2,11,12);1H. The number of benzene rings is 2. The Labute approximate surface area is 481 Å². The summed E-state index contributed by atoms with van der Waals surface area (Å²) in [4.78, 5) is 52.4. The minimum Gasteiger partial charge on any atom is -0.497 e. The van der Waals surface area contributed by atoms with Crippen LogP contribution >= 0.6 is 63.1 Å². The Morgan fingerprint density at radius 1 is 0.636 bits per heavy atom. The van der Waals surface area contributed by atoms with Crippen LogP contribution in [0.25, 0.3) is 56.4 Å². The smallest absolute Gasteiger partial charge is 0.497 e. The maximum atomic E-state index is 13.0. The maximum absolute atomic E-state index is 13.0. The lowest BCUT2D eigenvalue weighted by molar-refractivity contribution is 0.00578. The van der Waals surface area contributed by atoms with Gasteiger partial charge >= 0.3 is 7.12 Å². The highest BCUT2D eigenvalue weighted by Gasteiger charge is 2.52. The predicted octanol–water partition coefficient (Wildman–Crippen LogP) is 7.99. The van der Waals surface area contributed by atoms with Crippen molar-refractivity contribution in [2.75, 3.05) is 32.8 Å². The Bertz CT molecular complexity index is 3610. The van der Waals surface area contributed by atoms with Crippen molar-refractivity contribution in [3.63, 3.8) is 0 Å². The van der Waals surface area contributed by atoms with Gasteiger partial charge < -0.3 is 44.1 Å². The lowest BCUT2D eigenvalue weighted by Gasteiger charge is -2.32. The second-order valence-corrected chi connectivity index (χ2v) is 20.1. The highest BCUT2D eigenvalue weighted by Crippen LogP contribution is 2.39. The number of nitrogens with zero attached hydrogens (tertiary/aromatic N) is 12. The average molecular weight is 1270 g/mol. The van der Waals surface area contributed by atoms with Crippen LogP contribution in [0.1, 0.15) is 51.6 Å². The Morgan fingerprint density at radius 2 is 1.12 bits per heavy atom. The largest absolute Gasteiger partial charge is 0.516 e. The van der Waals surface area contributed by atoms with Gasteiger partial charge in [-0.05, 0) is 87.7 Å². The minimum atomic E-state index is -0.707. The van der Waals surface area contributed by atoms with E-state index in [9.17, 15) is 9.59 Å². The Kier molecular flexibility index (Phi) is 18.7. The molecule has 1 aliphatic heterocycles. The third-order valence-electron chi connectivity index (χ3n) is 12.8. The summed E-state index contributed by atoms with van der Waals surface area (Å²) in [5.74, 6) is 2.07. The summed E-state index contributed by atoms with van der Waals surface area (Å²) in [6, 6.07) is 6.86. The first kappa shape index (κ1) is 59.8. The van der Waals surface area contributed by atoms with Gasteiger partial charge in [0.2, 0.25) is 0 Å². The van der Waals surface area contributed by atoms with Crippen LogP contribution in [0.4, 0.5) is 11.6 Å². The molecule has 1 fully saturated rings. The van der Waals surface area contributed by atoms with E-state index >= 15 is 0 Å². The van der Waals surface area contributed by atoms with E-state index in [-0.39, 0.29) is 57.3 Å². The maximum Gasteiger partial charge on any atom is 0.516 e. The summed E-state index contributed by atoms with van der Waals surface area (Å²) in [5, 5.41) is 9.34. The van der Waals surface area contributed by atoms with Gasteiger partial charge in [0.1, 0.15) is 44.6 Å². The number of hydrogen-bond donors (Lipinski definition) is 2. The highest BCUT2D eigenvalue weighted by atomic mass is 127. The number of anilines is 2.